The first-order valence-corrected chi connectivity index (χ1v) is 11.2. The fourth-order valence-corrected chi connectivity index (χ4v) is 4.88. The van der Waals surface area contributed by atoms with Crippen LogP contribution in [0, 0.1) is 0 Å². The van der Waals surface area contributed by atoms with E-state index in [1.54, 1.807) is 0 Å². The molecule has 0 N–H and O–H groups in total. The van der Waals surface area contributed by atoms with Gasteiger partial charge in [0.25, 0.3) is 0 Å². The van der Waals surface area contributed by atoms with Gasteiger partial charge >= 0.3 is 0 Å². The Bertz CT molecular complexity index is 1140. The van der Waals surface area contributed by atoms with Crippen LogP contribution in [0.3, 0.4) is 0 Å². The third-order valence-electron chi connectivity index (χ3n) is 6.37. The molecule has 0 fully saturated rings. The number of benzene rings is 4. The third kappa shape index (κ3) is 3.62. The fraction of sp³-hybridized carbons (Fsp3) is 0.214. The van der Waals surface area contributed by atoms with Crippen molar-refractivity contribution < 1.29 is 9.47 Å². The molecule has 160 valence electrons. The van der Waals surface area contributed by atoms with E-state index in [-0.39, 0.29) is 0 Å². The Morgan fingerprint density at radius 1 is 0.531 bits per heavy atom. The van der Waals surface area contributed by atoms with Crippen LogP contribution in [0.1, 0.15) is 22.3 Å². The average molecular weight is 423 g/mol. The number of fused-ring (bicyclic) bond motifs is 6. The Labute approximate surface area is 188 Å². The normalized spacial score (nSPS) is 16.1. The second-order valence-corrected chi connectivity index (χ2v) is 8.65. The van der Waals surface area contributed by atoms with Gasteiger partial charge in [0, 0.05) is 48.1 Å². The first kappa shape index (κ1) is 19.4. The molecule has 0 radical (unpaired) electrons. The fourth-order valence-electron chi connectivity index (χ4n) is 4.88. The minimum absolute atomic E-state index is 0.596. The zero-order chi connectivity index (χ0) is 21.3. The molecule has 0 amide bonds. The number of rotatable bonds is 4. The summed E-state index contributed by atoms with van der Waals surface area (Å²) in [6, 6.07) is 29.7. The third-order valence-corrected chi connectivity index (χ3v) is 6.37. The van der Waals surface area contributed by atoms with Crippen molar-refractivity contribution in [2.45, 2.75) is 26.2 Å². The van der Waals surface area contributed by atoms with Crippen molar-refractivity contribution in [2.24, 2.45) is 0 Å². The quantitative estimate of drug-likeness (QED) is 0.431. The summed E-state index contributed by atoms with van der Waals surface area (Å²) >= 11 is 0. The van der Waals surface area contributed by atoms with Gasteiger partial charge in [0.05, 0.1) is 0 Å². The van der Waals surface area contributed by atoms with E-state index in [0.29, 0.717) is 13.5 Å². The molecule has 6 rings (SSSR count). The van der Waals surface area contributed by atoms with Crippen molar-refractivity contribution in [2.75, 3.05) is 13.5 Å². The molecule has 0 atom stereocenters. The maximum absolute atomic E-state index is 6.39. The highest BCUT2D eigenvalue weighted by Gasteiger charge is 2.30. The Balaban J connectivity index is 1.36. The zero-order valence-corrected chi connectivity index (χ0v) is 18.0. The van der Waals surface area contributed by atoms with Gasteiger partial charge in [0.1, 0.15) is 25.0 Å². The van der Waals surface area contributed by atoms with Gasteiger partial charge in [-0.05, 0) is 11.1 Å². The molecular weight excluding hydrogens is 396 g/mol. The maximum atomic E-state index is 6.39. The molecule has 0 saturated heterocycles. The predicted molar refractivity (Wildman–Crippen MR) is 126 cm³/mol. The summed E-state index contributed by atoms with van der Waals surface area (Å²) in [5.74, 6) is 2.04. The van der Waals surface area contributed by atoms with Crippen molar-refractivity contribution in [3.8, 4) is 11.5 Å². The molecule has 4 heteroatoms. The topological polar surface area (TPSA) is 24.9 Å². The number of ether oxygens (including phenoxy) is 2. The van der Waals surface area contributed by atoms with Gasteiger partial charge in [-0.1, -0.05) is 84.9 Å². The van der Waals surface area contributed by atoms with E-state index in [1.807, 2.05) is 0 Å². The SMILES string of the molecule is c1ccc(CN2COc3c(c4c(c5ccccc35)OCN(Cc3ccccc3)C4)C2)cc1. The molecule has 0 spiro atoms. The Morgan fingerprint density at radius 3 is 1.38 bits per heavy atom. The van der Waals surface area contributed by atoms with Crippen LogP contribution in [0.4, 0.5) is 0 Å². The van der Waals surface area contributed by atoms with Crippen LogP contribution < -0.4 is 9.47 Å². The lowest BCUT2D eigenvalue weighted by Gasteiger charge is -2.36. The van der Waals surface area contributed by atoms with Crippen molar-refractivity contribution in [3.05, 3.63) is 107 Å². The van der Waals surface area contributed by atoms with Crippen LogP contribution in [-0.2, 0) is 26.2 Å². The Morgan fingerprint density at radius 2 is 0.938 bits per heavy atom. The molecule has 4 aromatic carbocycles. The maximum Gasteiger partial charge on any atom is 0.142 e. The van der Waals surface area contributed by atoms with Crippen LogP contribution in [-0.4, -0.2) is 23.3 Å². The molecule has 32 heavy (non-hydrogen) atoms. The molecule has 0 unspecified atom stereocenters. The summed E-state index contributed by atoms with van der Waals surface area (Å²) in [5.41, 5.74) is 5.13. The molecule has 0 saturated carbocycles. The lowest BCUT2D eigenvalue weighted by molar-refractivity contribution is 0.0750. The molecule has 0 aliphatic carbocycles. The first-order chi connectivity index (χ1) is 15.8. The number of hydrogen-bond donors (Lipinski definition) is 0. The first-order valence-electron chi connectivity index (χ1n) is 11.2. The summed E-state index contributed by atoms with van der Waals surface area (Å²) in [6.45, 7) is 4.66. The highest BCUT2D eigenvalue weighted by Crippen LogP contribution is 2.45. The van der Waals surface area contributed by atoms with Gasteiger partial charge in [-0.3, -0.25) is 9.80 Å². The Hall–Kier alpha value is -3.34. The van der Waals surface area contributed by atoms with Crippen molar-refractivity contribution in [1.29, 1.82) is 0 Å². The number of nitrogens with zero attached hydrogens (tertiary/aromatic N) is 2. The van der Waals surface area contributed by atoms with Crippen LogP contribution in [0.25, 0.3) is 10.8 Å². The van der Waals surface area contributed by atoms with Gasteiger partial charge in [0.2, 0.25) is 0 Å². The summed E-state index contributed by atoms with van der Waals surface area (Å²) in [4.78, 5) is 4.73. The van der Waals surface area contributed by atoms with E-state index >= 15 is 0 Å². The van der Waals surface area contributed by atoms with Crippen LogP contribution in [0.15, 0.2) is 84.9 Å². The molecule has 4 nitrogen and oxygen atoms in total. The summed E-state index contributed by atoms with van der Waals surface area (Å²) in [5, 5.41) is 2.30. The molecule has 4 aromatic rings. The average Bonchev–Trinajstić information content (AvgIpc) is 2.85. The largest absolute Gasteiger partial charge is 0.477 e. The highest BCUT2D eigenvalue weighted by atomic mass is 16.5. The standard InChI is InChI=1S/C28H26N2O2/c1-3-9-21(10-4-1)15-29-17-25-26-18-30(16-22-11-5-2-6-12-22)20-32-28(26)24-14-8-7-13-23(24)27(25)31-19-29/h1-14H,15-20H2. The molecule has 0 bridgehead atoms. The van der Waals surface area contributed by atoms with Crippen molar-refractivity contribution in [1.82, 2.24) is 9.80 Å². The second kappa shape index (κ2) is 8.30. The van der Waals surface area contributed by atoms with Gasteiger partial charge in [-0.2, -0.15) is 0 Å². The van der Waals surface area contributed by atoms with E-state index < -0.39 is 0 Å². The minimum Gasteiger partial charge on any atom is -0.477 e. The van der Waals surface area contributed by atoms with Gasteiger partial charge in [-0.25, -0.2) is 0 Å². The second-order valence-electron chi connectivity index (χ2n) is 8.65. The predicted octanol–water partition coefficient (Wildman–Crippen LogP) is 5.54. The summed E-state index contributed by atoms with van der Waals surface area (Å²) in [7, 11) is 0. The van der Waals surface area contributed by atoms with Gasteiger partial charge < -0.3 is 9.47 Å². The van der Waals surface area contributed by atoms with Crippen molar-refractivity contribution in [3.63, 3.8) is 0 Å². The van der Waals surface area contributed by atoms with E-state index in [0.717, 1.165) is 48.5 Å². The molecular formula is C28H26N2O2. The Kier molecular flexibility index (Phi) is 5.02. The summed E-state index contributed by atoms with van der Waals surface area (Å²) < 4.78 is 12.8. The van der Waals surface area contributed by atoms with Crippen molar-refractivity contribution >= 4 is 10.8 Å². The van der Waals surface area contributed by atoms with E-state index in [2.05, 4.69) is 94.7 Å². The summed E-state index contributed by atoms with van der Waals surface area (Å²) in [6.07, 6.45) is 0. The van der Waals surface area contributed by atoms with E-state index in [1.165, 1.54) is 22.3 Å². The van der Waals surface area contributed by atoms with Crippen LogP contribution >= 0.6 is 0 Å². The number of hydrogen-bond acceptors (Lipinski definition) is 4. The van der Waals surface area contributed by atoms with Crippen LogP contribution in [0.2, 0.25) is 0 Å². The minimum atomic E-state index is 0.596. The zero-order valence-electron chi connectivity index (χ0n) is 18.0. The molecule has 2 aliphatic heterocycles. The monoisotopic (exact) mass is 422 g/mol. The molecule has 2 heterocycles. The van der Waals surface area contributed by atoms with Gasteiger partial charge in [-0.15, -0.1) is 0 Å². The molecule has 0 aromatic heterocycles. The van der Waals surface area contributed by atoms with Gasteiger partial charge in [0.15, 0.2) is 0 Å². The lowest BCUT2D eigenvalue weighted by Crippen LogP contribution is -2.36. The van der Waals surface area contributed by atoms with Crippen LogP contribution in [0.5, 0.6) is 11.5 Å². The van der Waals surface area contributed by atoms with E-state index in [4.69, 9.17) is 9.47 Å². The molecule has 2 aliphatic rings. The van der Waals surface area contributed by atoms with E-state index in [9.17, 15) is 0 Å². The highest BCUT2D eigenvalue weighted by molar-refractivity contribution is 5.96. The lowest BCUT2D eigenvalue weighted by atomic mass is 9.95. The smallest absolute Gasteiger partial charge is 0.142 e.